The van der Waals surface area contributed by atoms with E-state index in [0.29, 0.717) is 17.7 Å². The number of fused-ring (bicyclic) bond motifs is 6. The van der Waals surface area contributed by atoms with E-state index in [-0.39, 0.29) is 29.4 Å². The first-order valence-electron chi connectivity index (χ1n) is 13.1. The molecule has 0 saturated carbocycles. The minimum Gasteiger partial charge on any atom is -0.483 e. The number of hydrogen-bond acceptors (Lipinski definition) is 6. The average Bonchev–Trinajstić information content (AvgIpc) is 3.07. The molecule has 4 aromatic rings. The lowest BCUT2D eigenvalue weighted by molar-refractivity contribution is 0.0928. The fourth-order valence-electron chi connectivity index (χ4n) is 5.27. The van der Waals surface area contributed by atoms with Crippen LogP contribution in [0.15, 0.2) is 82.6 Å². The summed E-state index contributed by atoms with van der Waals surface area (Å²) in [6.07, 6.45) is 1.06. The van der Waals surface area contributed by atoms with Crippen molar-refractivity contribution in [3.63, 3.8) is 0 Å². The Kier molecular flexibility index (Phi) is 7.04. The SMILES string of the molecule is O=C(NCc1c(F)cc(F)cc1F)c1cn2c(c(OCc3ccccc3)c1=O)C(=O)N1C[C@@H]2CS(=O)(=O)c2ccccc21. The zero-order valence-corrected chi connectivity index (χ0v) is 23.0. The van der Waals surface area contributed by atoms with Crippen molar-refractivity contribution in [3.05, 3.63) is 123 Å². The number of carbonyl (C=O) groups excluding carboxylic acids is 2. The number of nitrogens with zero attached hydrogens (tertiary/aromatic N) is 2. The third-order valence-corrected chi connectivity index (χ3v) is 9.17. The summed E-state index contributed by atoms with van der Waals surface area (Å²) in [5.41, 5.74) is -1.60. The molecular weight excluding hydrogens is 587 g/mol. The van der Waals surface area contributed by atoms with Gasteiger partial charge >= 0.3 is 0 Å². The summed E-state index contributed by atoms with van der Waals surface area (Å²) in [7, 11) is -3.92. The average molecular weight is 610 g/mol. The van der Waals surface area contributed by atoms with E-state index in [2.05, 4.69) is 5.32 Å². The van der Waals surface area contributed by atoms with E-state index in [0.717, 1.165) is 6.20 Å². The zero-order chi connectivity index (χ0) is 30.5. The van der Waals surface area contributed by atoms with E-state index in [1.165, 1.54) is 27.7 Å². The van der Waals surface area contributed by atoms with E-state index in [9.17, 15) is 36.0 Å². The Morgan fingerprint density at radius 1 is 0.977 bits per heavy atom. The van der Waals surface area contributed by atoms with Gasteiger partial charge in [0, 0.05) is 37.0 Å². The number of halogens is 3. The molecule has 43 heavy (non-hydrogen) atoms. The highest BCUT2D eigenvalue weighted by molar-refractivity contribution is 7.91. The lowest BCUT2D eigenvalue weighted by atomic mass is 10.1. The number of aromatic nitrogens is 1. The summed E-state index contributed by atoms with van der Waals surface area (Å²) in [6.45, 7) is -0.957. The maximum absolute atomic E-state index is 14.2. The molecule has 13 heteroatoms. The molecule has 0 spiro atoms. The predicted octanol–water partition coefficient (Wildman–Crippen LogP) is 3.76. The zero-order valence-electron chi connectivity index (χ0n) is 22.2. The molecule has 0 fully saturated rings. The molecule has 2 amide bonds. The van der Waals surface area contributed by atoms with Crippen LogP contribution in [-0.4, -0.2) is 37.1 Å². The van der Waals surface area contributed by atoms with Crippen LogP contribution in [0.4, 0.5) is 18.9 Å². The van der Waals surface area contributed by atoms with Crippen LogP contribution in [-0.2, 0) is 23.0 Å². The first-order chi connectivity index (χ1) is 20.5. The molecule has 220 valence electrons. The van der Waals surface area contributed by atoms with Crippen LogP contribution in [0.2, 0.25) is 0 Å². The number of para-hydroxylation sites is 1. The molecule has 0 radical (unpaired) electrons. The summed E-state index contributed by atoms with van der Waals surface area (Å²) >= 11 is 0. The van der Waals surface area contributed by atoms with Gasteiger partial charge in [-0.05, 0) is 17.7 Å². The molecule has 2 aliphatic rings. The third kappa shape index (κ3) is 5.05. The minimum atomic E-state index is -3.92. The first-order valence-corrected chi connectivity index (χ1v) is 14.7. The summed E-state index contributed by atoms with van der Waals surface area (Å²) in [4.78, 5) is 42.1. The van der Waals surface area contributed by atoms with E-state index >= 15 is 0 Å². The van der Waals surface area contributed by atoms with E-state index < -0.39 is 79.7 Å². The van der Waals surface area contributed by atoms with Crippen LogP contribution in [0, 0.1) is 17.5 Å². The van der Waals surface area contributed by atoms with Gasteiger partial charge in [-0.1, -0.05) is 42.5 Å². The highest BCUT2D eigenvalue weighted by Gasteiger charge is 2.43. The van der Waals surface area contributed by atoms with Crippen LogP contribution >= 0.6 is 0 Å². The first kappa shape index (κ1) is 28.2. The highest BCUT2D eigenvalue weighted by Crippen LogP contribution is 2.38. The van der Waals surface area contributed by atoms with Crippen molar-refractivity contribution in [2.75, 3.05) is 17.2 Å². The Bertz CT molecular complexity index is 1940. The fraction of sp³-hybridized carbons (Fsp3) is 0.167. The smallest absolute Gasteiger partial charge is 0.279 e. The number of ether oxygens (including phenoxy) is 1. The normalized spacial score (nSPS) is 16.6. The van der Waals surface area contributed by atoms with Crippen molar-refractivity contribution >= 4 is 27.3 Å². The number of hydrogen-bond donors (Lipinski definition) is 1. The number of benzene rings is 3. The molecule has 0 saturated heterocycles. The minimum absolute atomic E-state index is 0.0466. The lowest BCUT2D eigenvalue weighted by Crippen LogP contribution is -2.46. The number of anilines is 1. The van der Waals surface area contributed by atoms with Gasteiger partial charge in [0.1, 0.15) is 29.6 Å². The molecule has 6 rings (SSSR count). The van der Waals surface area contributed by atoms with Crippen molar-refractivity contribution in [1.29, 1.82) is 0 Å². The van der Waals surface area contributed by atoms with Gasteiger partial charge in [-0.25, -0.2) is 21.6 Å². The van der Waals surface area contributed by atoms with Crippen LogP contribution in [0.25, 0.3) is 0 Å². The Balaban J connectivity index is 1.46. The molecule has 0 unspecified atom stereocenters. The van der Waals surface area contributed by atoms with E-state index in [1.807, 2.05) is 0 Å². The van der Waals surface area contributed by atoms with E-state index in [1.54, 1.807) is 36.4 Å². The standard InChI is InChI=1S/C30H22F3N3O6S/c31-18-10-22(32)20(23(33)11-18)12-34-29(38)21-14-35-19-13-36(24-8-4-5-9-25(24)43(40,41)16-19)30(39)26(35)28(27(21)37)42-15-17-6-2-1-3-7-17/h1-11,14,19H,12-13,15-16H2,(H,34,38)/t19-/m1/s1. The molecule has 3 heterocycles. The number of sulfone groups is 1. The van der Waals surface area contributed by atoms with Crippen LogP contribution < -0.4 is 20.4 Å². The quantitative estimate of drug-likeness (QED) is 0.356. The molecule has 3 aromatic carbocycles. The Morgan fingerprint density at radius 3 is 2.37 bits per heavy atom. The maximum atomic E-state index is 14.2. The van der Waals surface area contributed by atoms with Crippen LogP contribution in [0.3, 0.4) is 0 Å². The van der Waals surface area contributed by atoms with Gasteiger partial charge in [-0.15, -0.1) is 0 Å². The van der Waals surface area contributed by atoms with Crippen molar-refractivity contribution in [3.8, 4) is 5.75 Å². The fourth-order valence-corrected chi connectivity index (χ4v) is 7.01. The van der Waals surface area contributed by atoms with Gasteiger partial charge in [-0.3, -0.25) is 14.4 Å². The van der Waals surface area contributed by atoms with Gasteiger partial charge in [0.05, 0.1) is 22.4 Å². The Labute approximate surface area is 243 Å². The Hall–Kier alpha value is -4.91. The maximum Gasteiger partial charge on any atom is 0.279 e. The molecule has 9 nitrogen and oxygen atoms in total. The molecule has 2 aliphatic heterocycles. The molecular formula is C30H22F3N3O6S. The highest BCUT2D eigenvalue weighted by atomic mass is 32.2. The van der Waals surface area contributed by atoms with Crippen molar-refractivity contribution in [1.82, 2.24) is 9.88 Å². The molecule has 2 bridgehead atoms. The van der Waals surface area contributed by atoms with Gasteiger partial charge < -0.3 is 19.5 Å². The van der Waals surface area contributed by atoms with Crippen LogP contribution in [0.5, 0.6) is 5.75 Å². The Morgan fingerprint density at radius 2 is 1.65 bits per heavy atom. The number of carbonyl (C=O) groups is 2. The summed E-state index contributed by atoms with van der Waals surface area (Å²) < 4.78 is 75.5. The summed E-state index contributed by atoms with van der Waals surface area (Å²) in [6, 6.07) is 14.7. The number of rotatable bonds is 6. The van der Waals surface area contributed by atoms with Gasteiger partial charge in [-0.2, -0.15) is 0 Å². The second-order valence-corrected chi connectivity index (χ2v) is 12.1. The third-order valence-electron chi connectivity index (χ3n) is 7.33. The molecule has 1 atom stereocenters. The number of nitrogens with one attached hydrogen (secondary N) is 1. The van der Waals surface area contributed by atoms with Crippen molar-refractivity contribution in [2.45, 2.75) is 24.1 Å². The van der Waals surface area contributed by atoms with Crippen LogP contribution in [0.1, 0.15) is 38.0 Å². The van der Waals surface area contributed by atoms with Gasteiger partial charge in [0.15, 0.2) is 21.3 Å². The van der Waals surface area contributed by atoms with Gasteiger partial charge in [0.2, 0.25) is 5.43 Å². The molecule has 1 N–H and O–H groups in total. The number of pyridine rings is 1. The molecule has 1 aromatic heterocycles. The van der Waals surface area contributed by atoms with Crippen molar-refractivity contribution < 1.29 is 35.9 Å². The summed E-state index contributed by atoms with van der Waals surface area (Å²) in [5.74, 6) is -6.31. The molecule has 0 aliphatic carbocycles. The second-order valence-electron chi connectivity index (χ2n) is 10.1. The van der Waals surface area contributed by atoms with Crippen molar-refractivity contribution in [2.24, 2.45) is 0 Å². The largest absolute Gasteiger partial charge is 0.483 e. The van der Waals surface area contributed by atoms with E-state index in [4.69, 9.17) is 4.74 Å². The van der Waals surface area contributed by atoms with Gasteiger partial charge in [0.25, 0.3) is 11.8 Å². The monoisotopic (exact) mass is 609 g/mol. The topological polar surface area (TPSA) is 115 Å². The predicted molar refractivity (Wildman–Crippen MR) is 148 cm³/mol. The summed E-state index contributed by atoms with van der Waals surface area (Å²) in [5, 5.41) is 2.25. The second kappa shape index (κ2) is 10.7. The number of amides is 2. The lowest BCUT2D eigenvalue weighted by Gasteiger charge is -2.34.